The van der Waals surface area contributed by atoms with Crippen molar-refractivity contribution in [2.45, 2.75) is 116 Å². The predicted octanol–water partition coefficient (Wildman–Crippen LogP) is 9.80. The number of hydrogen-bond donors (Lipinski definition) is 0. The first-order chi connectivity index (χ1) is 16.3. The first-order valence-corrected chi connectivity index (χ1v) is 13.9. The number of halogens is 4. The summed E-state index contributed by atoms with van der Waals surface area (Å²) in [5, 5.41) is 0. The van der Waals surface area contributed by atoms with Crippen LogP contribution in [0.4, 0.5) is 17.6 Å². The van der Waals surface area contributed by atoms with Gasteiger partial charge in [-0.25, -0.2) is 4.39 Å². The number of fused-ring (bicyclic) bond motifs is 1. The van der Waals surface area contributed by atoms with Crippen molar-refractivity contribution in [3.63, 3.8) is 0 Å². The van der Waals surface area contributed by atoms with Gasteiger partial charge in [-0.2, -0.15) is 0 Å². The van der Waals surface area contributed by atoms with E-state index in [9.17, 15) is 17.6 Å². The van der Waals surface area contributed by atoms with Gasteiger partial charge < -0.3 is 4.74 Å². The van der Waals surface area contributed by atoms with Crippen LogP contribution in [-0.4, -0.2) is 6.36 Å². The van der Waals surface area contributed by atoms with Crippen molar-refractivity contribution in [1.82, 2.24) is 0 Å². The Kier molecular flexibility index (Phi) is 8.85. The summed E-state index contributed by atoms with van der Waals surface area (Å²) in [6.45, 7) is 2.28. The molecule has 3 aliphatic rings. The van der Waals surface area contributed by atoms with Crippen LogP contribution in [0, 0.1) is 35.4 Å². The van der Waals surface area contributed by atoms with E-state index in [2.05, 4.69) is 11.7 Å². The fourth-order valence-electron chi connectivity index (χ4n) is 7.44. The minimum Gasteiger partial charge on any atom is -0.403 e. The lowest BCUT2D eigenvalue weighted by molar-refractivity contribution is -0.275. The van der Waals surface area contributed by atoms with Crippen molar-refractivity contribution in [3.05, 3.63) is 29.6 Å². The van der Waals surface area contributed by atoms with Crippen LogP contribution in [0.15, 0.2) is 18.2 Å². The van der Waals surface area contributed by atoms with Gasteiger partial charge in [0.2, 0.25) is 0 Å². The molecule has 34 heavy (non-hydrogen) atoms. The zero-order chi connectivity index (χ0) is 24.1. The Morgan fingerprint density at radius 1 is 0.794 bits per heavy atom. The second kappa shape index (κ2) is 11.6. The molecule has 3 aliphatic carbocycles. The molecular formula is C29H42F4O. The molecule has 0 heterocycles. The Balaban J connectivity index is 1.24. The second-order valence-corrected chi connectivity index (χ2v) is 11.5. The van der Waals surface area contributed by atoms with Gasteiger partial charge in [0.25, 0.3) is 0 Å². The number of benzene rings is 1. The molecule has 0 spiro atoms. The Hall–Kier alpha value is -1.26. The molecule has 4 unspecified atom stereocenters. The molecule has 0 radical (unpaired) electrons. The van der Waals surface area contributed by atoms with Crippen molar-refractivity contribution in [2.75, 3.05) is 0 Å². The fourth-order valence-corrected chi connectivity index (χ4v) is 7.44. The maximum absolute atomic E-state index is 14.2. The minimum absolute atomic E-state index is 0.246. The molecule has 0 saturated heterocycles. The van der Waals surface area contributed by atoms with Crippen LogP contribution in [0.5, 0.6) is 5.75 Å². The molecule has 4 atom stereocenters. The summed E-state index contributed by atoms with van der Waals surface area (Å²) in [6, 6.07) is 4.03. The lowest BCUT2D eigenvalue weighted by Crippen LogP contribution is -2.34. The summed E-state index contributed by atoms with van der Waals surface area (Å²) in [4.78, 5) is 0. The molecule has 0 amide bonds. The van der Waals surface area contributed by atoms with Gasteiger partial charge in [-0.15, -0.1) is 13.2 Å². The zero-order valence-electron chi connectivity index (χ0n) is 20.7. The number of hydrogen-bond acceptors (Lipinski definition) is 1. The van der Waals surface area contributed by atoms with Gasteiger partial charge >= 0.3 is 6.36 Å². The van der Waals surface area contributed by atoms with E-state index < -0.39 is 17.9 Å². The van der Waals surface area contributed by atoms with E-state index in [0.29, 0.717) is 5.92 Å². The third-order valence-corrected chi connectivity index (χ3v) is 9.33. The molecule has 192 valence electrons. The fraction of sp³-hybridized carbons (Fsp3) is 0.793. The summed E-state index contributed by atoms with van der Waals surface area (Å²) in [7, 11) is 0. The number of alkyl halides is 3. The van der Waals surface area contributed by atoms with Crippen molar-refractivity contribution in [3.8, 4) is 5.75 Å². The van der Waals surface area contributed by atoms with Gasteiger partial charge in [-0.05, 0) is 105 Å². The van der Waals surface area contributed by atoms with Crippen molar-refractivity contribution in [1.29, 1.82) is 0 Å². The van der Waals surface area contributed by atoms with Crippen LogP contribution < -0.4 is 4.74 Å². The highest BCUT2D eigenvalue weighted by molar-refractivity contribution is 5.32. The number of rotatable bonds is 8. The molecule has 1 nitrogen and oxygen atoms in total. The largest absolute Gasteiger partial charge is 0.573 e. The summed E-state index contributed by atoms with van der Waals surface area (Å²) in [5.74, 6) is 2.82. The van der Waals surface area contributed by atoms with E-state index >= 15 is 0 Å². The van der Waals surface area contributed by atoms with Gasteiger partial charge in [0.15, 0.2) is 11.6 Å². The molecule has 5 heteroatoms. The van der Waals surface area contributed by atoms with Crippen molar-refractivity contribution < 1.29 is 22.3 Å². The molecule has 0 bridgehead atoms. The van der Waals surface area contributed by atoms with Crippen LogP contribution in [0.3, 0.4) is 0 Å². The SMILES string of the molecule is CCCCCCC1CCC(C2CCC3CC(c4ccc(OC(F)(F)F)c(F)c4)CCC3C2)CC1. The molecule has 0 aliphatic heterocycles. The summed E-state index contributed by atoms with van der Waals surface area (Å²) in [6.07, 6.45) is 15.0. The van der Waals surface area contributed by atoms with E-state index in [0.717, 1.165) is 48.1 Å². The normalized spacial score (nSPS) is 32.3. The monoisotopic (exact) mass is 482 g/mol. The molecule has 3 saturated carbocycles. The van der Waals surface area contributed by atoms with E-state index in [1.807, 2.05) is 0 Å². The molecule has 0 aromatic heterocycles. The summed E-state index contributed by atoms with van der Waals surface area (Å²) < 4.78 is 55.3. The van der Waals surface area contributed by atoms with Gasteiger partial charge in [-0.1, -0.05) is 57.9 Å². The van der Waals surface area contributed by atoms with E-state index in [-0.39, 0.29) is 5.92 Å². The average molecular weight is 483 g/mol. The maximum atomic E-state index is 14.2. The van der Waals surface area contributed by atoms with Crippen LogP contribution in [0.2, 0.25) is 0 Å². The van der Waals surface area contributed by atoms with Crippen LogP contribution >= 0.6 is 0 Å². The van der Waals surface area contributed by atoms with E-state index in [4.69, 9.17) is 0 Å². The first-order valence-electron chi connectivity index (χ1n) is 13.9. The molecule has 4 rings (SSSR count). The van der Waals surface area contributed by atoms with Gasteiger partial charge in [-0.3, -0.25) is 0 Å². The molecule has 3 fully saturated rings. The number of unbranched alkanes of at least 4 members (excludes halogenated alkanes) is 3. The number of ether oxygens (including phenoxy) is 1. The van der Waals surface area contributed by atoms with E-state index in [1.165, 1.54) is 89.5 Å². The van der Waals surface area contributed by atoms with Crippen LogP contribution in [-0.2, 0) is 0 Å². The Morgan fingerprint density at radius 3 is 2.12 bits per heavy atom. The second-order valence-electron chi connectivity index (χ2n) is 11.5. The van der Waals surface area contributed by atoms with Crippen LogP contribution in [0.1, 0.15) is 115 Å². The topological polar surface area (TPSA) is 9.23 Å². The highest BCUT2D eigenvalue weighted by atomic mass is 19.4. The standard InChI is InChI=1S/C29H42F4O/c1-2-3-4-5-6-20-7-9-21(10-8-20)22-11-12-24-18-25(14-13-23(24)17-22)26-15-16-28(27(30)19-26)34-29(31,32)33/h15-16,19-25H,2-14,17-18H2,1H3. The molecule has 1 aromatic rings. The smallest absolute Gasteiger partial charge is 0.403 e. The lowest BCUT2D eigenvalue weighted by atomic mass is 9.60. The molecule has 1 aromatic carbocycles. The Labute approximate surface area is 203 Å². The molecule has 0 N–H and O–H groups in total. The summed E-state index contributed by atoms with van der Waals surface area (Å²) in [5.41, 5.74) is 0.824. The maximum Gasteiger partial charge on any atom is 0.573 e. The van der Waals surface area contributed by atoms with Crippen molar-refractivity contribution in [2.24, 2.45) is 29.6 Å². The highest BCUT2D eigenvalue weighted by Crippen LogP contribution is 2.51. The van der Waals surface area contributed by atoms with Gasteiger partial charge in [0.1, 0.15) is 0 Å². The lowest BCUT2D eigenvalue weighted by Gasteiger charge is -2.45. The third kappa shape index (κ3) is 6.91. The van der Waals surface area contributed by atoms with Gasteiger partial charge in [0, 0.05) is 0 Å². The Morgan fingerprint density at radius 2 is 1.44 bits per heavy atom. The minimum atomic E-state index is -4.87. The predicted molar refractivity (Wildman–Crippen MR) is 128 cm³/mol. The average Bonchev–Trinajstić information content (AvgIpc) is 2.82. The quantitative estimate of drug-likeness (QED) is 0.265. The van der Waals surface area contributed by atoms with Crippen molar-refractivity contribution >= 4 is 0 Å². The molecular weight excluding hydrogens is 440 g/mol. The van der Waals surface area contributed by atoms with Gasteiger partial charge in [0.05, 0.1) is 0 Å². The van der Waals surface area contributed by atoms with E-state index in [1.54, 1.807) is 6.07 Å². The first kappa shape index (κ1) is 25.8. The third-order valence-electron chi connectivity index (χ3n) is 9.33. The van der Waals surface area contributed by atoms with Crippen LogP contribution in [0.25, 0.3) is 0 Å². The zero-order valence-corrected chi connectivity index (χ0v) is 20.7. The summed E-state index contributed by atoms with van der Waals surface area (Å²) >= 11 is 0. The highest BCUT2D eigenvalue weighted by Gasteiger charge is 2.39. The Bertz CT molecular complexity index is 768.